The van der Waals surface area contributed by atoms with Gasteiger partial charge in [0.05, 0.1) is 0 Å². The molecule has 1 rings (SSSR count). The Hall–Kier alpha value is 0.350. The molecule has 0 bridgehead atoms. The maximum atomic E-state index is 2.23. The molecule has 0 radical (unpaired) electrons. The van der Waals surface area contributed by atoms with E-state index in [9.17, 15) is 0 Å². The highest BCUT2D eigenvalue weighted by Gasteiger charge is 2.09. The first-order valence-electron chi connectivity index (χ1n) is 4.92. The summed E-state index contributed by atoms with van der Waals surface area (Å²) < 4.78 is 0. The predicted octanol–water partition coefficient (Wildman–Crippen LogP) is 3.71. The van der Waals surface area contributed by atoms with Gasteiger partial charge in [-0.2, -0.15) is 11.8 Å². The summed E-state index contributed by atoms with van der Waals surface area (Å²) in [6.45, 7) is 0. The molecule has 0 aromatic heterocycles. The second-order valence-electron chi connectivity index (χ2n) is 3.67. The van der Waals surface area contributed by atoms with Crippen LogP contribution in [0.2, 0.25) is 0 Å². The monoisotopic (exact) mass is 172 g/mol. The van der Waals surface area contributed by atoms with E-state index in [0.717, 1.165) is 5.92 Å². The average molecular weight is 172 g/mol. The summed E-state index contributed by atoms with van der Waals surface area (Å²) in [7, 11) is 0. The molecule has 1 aliphatic carbocycles. The molecule has 1 saturated carbocycles. The zero-order valence-electron chi connectivity index (χ0n) is 7.64. The minimum atomic E-state index is 1.05. The van der Waals surface area contributed by atoms with Crippen molar-refractivity contribution >= 4 is 11.8 Å². The predicted molar refractivity (Wildman–Crippen MR) is 54.2 cm³/mol. The van der Waals surface area contributed by atoms with Gasteiger partial charge in [0.1, 0.15) is 0 Å². The molecule has 0 aromatic carbocycles. The Labute approximate surface area is 75.1 Å². The first kappa shape index (κ1) is 9.44. The van der Waals surface area contributed by atoms with Gasteiger partial charge in [0, 0.05) is 0 Å². The van der Waals surface area contributed by atoms with Gasteiger partial charge in [-0.3, -0.25) is 0 Å². The van der Waals surface area contributed by atoms with Gasteiger partial charge in [-0.15, -0.1) is 0 Å². The van der Waals surface area contributed by atoms with Crippen molar-refractivity contribution in [1.82, 2.24) is 0 Å². The van der Waals surface area contributed by atoms with E-state index >= 15 is 0 Å². The average Bonchev–Trinajstić information content (AvgIpc) is 1.94. The van der Waals surface area contributed by atoms with E-state index in [-0.39, 0.29) is 0 Å². The Bertz CT molecular complexity index is 82.9. The molecule has 0 aromatic rings. The molecule has 0 aliphatic heterocycles. The van der Waals surface area contributed by atoms with Crippen LogP contribution < -0.4 is 0 Å². The number of rotatable bonds is 2. The first-order chi connectivity index (χ1) is 5.43. The smallest absolute Gasteiger partial charge is 0.00419 e. The Morgan fingerprint density at radius 1 is 1.00 bits per heavy atom. The number of hydrogen-bond donors (Lipinski definition) is 0. The summed E-state index contributed by atoms with van der Waals surface area (Å²) in [4.78, 5) is 0. The van der Waals surface area contributed by atoms with E-state index in [2.05, 4.69) is 6.26 Å². The highest BCUT2D eigenvalue weighted by molar-refractivity contribution is 7.98. The third kappa shape index (κ3) is 4.05. The normalized spacial score (nSPS) is 22.6. The van der Waals surface area contributed by atoms with E-state index < -0.39 is 0 Å². The van der Waals surface area contributed by atoms with Gasteiger partial charge in [-0.25, -0.2) is 0 Å². The van der Waals surface area contributed by atoms with Crippen LogP contribution in [0.3, 0.4) is 0 Å². The Balaban J connectivity index is 2.15. The first-order valence-corrected chi connectivity index (χ1v) is 6.32. The van der Waals surface area contributed by atoms with Gasteiger partial charge < -0.3 is 0 Å². The topological polar surface area (TPSA) is 0 Å². The van der Waals surface area contributed by atoms with E-state index in [4.69, 9.17) is 0 Å². The van der Waals surface area contributed by atoms with E-state index in [1.807, 2.05) is 11.8 Å². The summed E-state index contributed by atoms with van der Waals surface area (Å²) in [5.41, 5.74) is 0. The third-order valence-corrected chi connectivity index (χ3v) is 3.43. The lowest BCUT2D eigenvalue weighted by Crippen LogP contribution is -2.05. The van der Waals surface area contributed by atoms with Crippen LogP contribution in [-0.2, 0) is 0 Å². The zero-order chi connectivity index (χ0) is 7.94. The quantitative estimate of drug-likeness (QED) is 0.612. The second-order valence-corrected chi connectivity index (χ2v) is 4.58. The van der Waals surface area contributed by atoms with Crippen LogP contribution in [0.15, 0.2) is 0 Å². The molecule has 0 unspecified atom stereocenters. The molecule has 66 valence electrons. The molecule has 0 heterocycles. The molecule has 0 atom stereocenters. The summed E-state index contributed by atoms with van der Waals surface area (Å²) in [6.07, 6.45) is 12.7. The maximum absolute atomic E-state index is 2.23. The lowest BCUT2D eigenvalue weighted by molar-refractivity contribution is 0.409. The largest absolute Gasteiger partial charge is 0.165 e. The van der Waals surface area contributed by atoms with Crippen LogP contribution in [0.5, 0.6) is 0 Å². The molecule has 1 heteroatoms. The molecule has 0 amide bonds. The lowest BCUT2D eigenvalue weighted by atomic mass is 9.93. The molecular weight excluding hydrogens is 152 g/mol. The van der Waals surface area contributed by atoms with Crippen LogP contribution in [0.4, 0.5) is 0 Å². The fraction of sp³-hybridized carbons (Fsp3) is 1.00. The standard InChI is InChI=1S/C10H20S/c1-11-9-10-7-5-3-2-4-6-8-10/h10H,2-9H2,1H3. The molecule has 1 fully saturated rings. The maximum Gasteiger partial charge on any atom is -0.00419 e. The molecule has 0 N–H and O–H groups in total. The minimum absolute atomic E-state index is 1.05. The molecular formula is C10H20S. The highest BCUT2D eigenvalue weighted by atomic mass is 32.2. The molecule has 0 nitrogen and oxygen atoms in total. The molecule has 0 saturated heterocycles. The second kappa shape index (κ2) is 5.93. The van der Waals surface area contributed by atoms with E-state index in [1.54, 1.807) is 0 Å². The van der Waals surface area contributed by atoms with Crippen LogP contribution >= 0.6 is 11.8 Å². The fourth-order valence-electron chi connectivity index (χ4n) is 1.94. The Morgan fingerprint density at radius 2 is 1.55 bits per heavy atom. The highest BCUT2D eigenvalue weighted by Crippen LogP contribution is 2.24. The summed E-state index contributed by atoms with van der Waals surface area (Å²) >= 11 is 2.02. The summed E-state index contributed by atoms with van der Waals surface area (Å²) in [6, 6.07) is 0. The van der Waals surface area contributed by atoms with Crippen molar-refractivity contribution in [2.45, 2.75) is 44.9 Å². The molecule has 0 spiro atoms. The SMILES string of the molecule is CSCC1CCCCCCC1. The van der Waals surface area contributed by atoms with Crippen molar-refractivity contribution in [1.29, 1.82) is 0 Å². The van der Waals surface area contributed by atoms with Gasteiger partial charge in [0.2, 0.25) is 0 Å². The van der Waals surface area contributed by atoms with E-state index in [0.29, 0.717) is 0 Å². The number of thioether (sulfide) groups is 1. The van der Waals surface area contributed by atoms with Gasteiger partial charge in [0.25, 0.3) is 0 Å². The Morgan fingerprint density at radius 3 is 2.09 bits per heavy atom. The van der Waals surface area contributed by atoms with Crippen molar-refractivity contribution in [3.63, 3.8) is 0 Å². The molecule has 1 aliphatic rings. The third-order valence-electron chi connectivity index (χ3n) is 2.63. The van der Waals surface area contributed by atoms with Crippen molar-refractivity contribution < 1.29 is 0 Å². The van der Waals surface area contributed by atoms with Gasteiger partial charge >= 0.3 is 0 Å². The fourth-order valence-corrected chi connectivity index (χ4v) is 2.75. The summed E-state index contributed by atoms with van der Waals surface area (Å²) in [5, 5.41) is 0. The van der Waals surface area contributed by atoms with Crippen molar-refractivity contribution in [2.75, 3.05) is 12.0 Å². The summed E-state index contributed by atoms with van der Waals surface area (Å²) in [5.74, 6) is 2.45. The van der Waals surface area contributed by atoms with Crippen LogP contribution in [0, 0.1) is 5.92 Å². The van der Waals surface area contributed by atoms with Crippen LogP contribution in [-0.4, -0.2) is 12.0 Å². The van der Waals surface area contributed by atoms with Crippen LogP contribution in [0.25, 0.3) is 0 Å². The van der Waals surface area contributed by atoms with Gasteiger partial charge in [-0.1, -0.05) is 32.1 Å². The molecule has 11 heavy (non-hydrogen) atoms. The van der Waals surface area contributed by atoms with Crippen LogP contribution in [0.1, 0.15) is 44.9 Å². The van der Waals surface area contributed by atoms with E-state index in [1.165, 1.54) is 50.7 Å². The van der Waals surface area contributed by atoms with Crippen molar-refractivity contribution in [3.8, 4) is 0 Å². The zero-order valence-corrected chi connectivity index (χ0v) is 8.46. The lowest BCUT2D eigenvalue weighted by Gasteiger charge is -2.18. The van der Waals surface area contributed by atoms with Gasteiger partial charge in [0.15, 0.2) is 0 Å². The number of hydrogen-bond acceptors (Lipinski definition) is 1. The minimum Gasteiger partial charge on any atom is -0.165 e. The van der Waals surface area contributed by atoms with Gasteiger partial charge in [-0.05, 0) is 30.8 Å². The Kier molecular flexibility index (Phi) is 5.09. The van der Waals surface area contributed by atoms with Crippen molar-refractivity contribution in [2.24, 2.45) is 5.92 Å². The van der Waals surface area contributed by atoms with Crippen molar-refractivity contribution in [3.05, 3.63) is 0 Å².